The average molecular weight is 488 g/mol. The van der Waals surface area contributed by atoms with E-state index in [1.807, 2.05) is 4.74 Å². The number of hydrogen-bond acceptors (Lipinski definition) is 4. The molecule has 0 radical (unpaired) electrons. The second-order valence-corrected chi connectivity index (χ2v) is 5.37. The van der Waals surface area contributed by atoms with Gasteiger partial charge in [0.1, 0.15) is 0 Å². The summed E-state index contributed by atoms with van der Waals surface area (Å²) in [6, 6.07) is 0. The largest absolute Gasteiger partial charge is 0.460 e. The van der Waals surface area contributed by atoms with Crippen LogP contribution in [0.15, 0.2) is 0 Å². The number of carbonyl (C=O) groups excluding carboxylic acids is 1. The van der Waals surface area contributed by atoms with Gasteiger partial charge < -0.3 is 4.74 Å². The van der Waals surface area contributed by atoms with Crippen molar-refractivity contribution in [1.29, 1.82) is 0 Å². The number of rotatable bonds is 9. The molecule has 0 rings (SSSR count). The quantitative estimate of drug-likeness (QED) is 0.332. The summed E-state index contributed by atoms with van der Waals surface area (Å²) in [7, 11) is 0. The highest BCUT2D eigenvalue weighted by molar-refractivity contribution is 5.76. The maximum Gasteiger partial charge on any atom is 0.460 e. The zero-order chi connectivity index (χ0) is 24.8. The molecule has 19 heteroatoms. The van der Waals surface area contributed by atoms with Gasteiger partial charge in [-0.25, -0.2) is 14.3 Å². The van der Waals surface area contributed by atoms with Crippen LogP contribution >= 0.6 is 0 Å². The summed E-state index contributed by atoms with van der Waals surface area (Å²) in [6.45, 7) is 1.65. The van der Waals surface area contributed by atoms with Gasteiger partial charge in [-0.2, -0.15) is 65.9 Å². The van der Waals surface area contributed by atoms with Crippen LogP contribution in [0.4, 0.5) is 65.9 Å². The minimum atomic E-state index is -7.95. The number of halogens is 15. The fraction of sp³-hybridized carbons (Fsp3) is 0.909. The lowest BCUT2D eigenvalue weighted by atomic mass is 10.1. The molecule has 0 amide bonds. The summed E-state index contributed by atoms with van der Waals surface area (Å²) in [6.07, 6.45) is -37.4. The third kappa shape index (κ3) is 5.33. The van der Waals surface area contributed by atoms with Crippen molar-refractivity contribution in [2.45, 2.75) is 62.4 Å². The molecule has 0 aromatic carbocycles. The van der Waals surface area contributed by atoms with E-state index in [1.54, 1.807) is 0 Å². The van der Waals surface area contributed by atoms with Crippen LogP contribution < -0.4 is 0 Å². The fourth-order valence-electron chi connectivity index (χ4n) is 1.19. The molecule has 0 atom stereocenters. The van der Waals surface area contributed by atoms with Crippen LogP contribution in [0.5, 0.6) is 0 Å². The Balaban J connectivity index is 5.89. The summed E-state index contributed by atoms with van der Waals surface area (Å²) in [5.74, 6) is -18.9. The predicted octanol–water partition coefficient (Wildman–Crippen LogP) is 5.18. The van der Waals surface area contributed by atoms with Crippen molar-refractivity contribution in [3.8, 4) is 0 Å². The second kappa shape index (κ2) is 7.79. The molecule has 0 N–H and O–H groups in total. The highest BCUT2D eigenvalue weighted by Crippen LogP contribution is 2.55. The topological polar surface area (TPSA) is 44.8 Å². The van der Waals surface area contributed by atoms with Crippen LogP contribution in [-0.4, -0.2) is 54.5 Å². The van der Waals surface area contributed by atoms with Gasteiger partial charge in [-0.15, -0.1) is 0 Å². The van der Waals surface area contributed by atoms with E-state index in [4.69, 9.17) is 0 Å². The molecule has 0 aliphatic heterocycles. The Kier molecular flexibility index (Phi) is 7.36. The van der Waals surface area contributed by atoms with E-state index in [0.29, 0.717) is 0 Å². The molecular weight excluding hydrogens is 481 g/mol. The van der Waals surface area contributed by atoms with Crippen molar-refractivity contribution in [3.63, 3.8) is 0 Å². The van der Waals surface area contributed by atoms with Crippen LogP contribution in [0.2, 0.25) is 0 Å². The van der Waals surface area contributed by atoms with Gasteiger partial charge >= 0.3 is 48.4 Å². The minimum Gasteiger partial charge on any atom is -0.457 e. The van der Waals surface area contributed by atoms with Crippen molar-refractivity contribution in [2.24, 2.45) is 0 Å². The first-order valence-corrected chi connectivity index (χ1v) is 6.70. The molecule has 0 spiro atoms. The van der Waals surface area contributed by atoms with E-state index in [-0.39, 0.29) is 0 Å². The summed E-state index contributed by atoms with van der Waals surface area (Å²) < 4.78 is 197. The highest BCUT2D eigenvalue weighted by atomic mass is 19.4. The Morgan fingerprint density at radius 1 is 0.600 bits per heavy atom. The fourth-order valence-corrected chi connectivity index (χ4v) is 1.19. The number of hydrogen-bond donors (Lipinski definition) is 0. The van der Waals surface area contributed by atoms with Crippen LogP contribution in [0.3, 0.4) is 0 Å². The maximum atomic E-state index is 13.1. The molecule has 4 nitrogen and oxygen atoms in total. The molecule has 0 saturated carbocycles. The number of alkyl halides is 15. The molecule has 0 fully saturated rings. The Labute approximate surface area is 154 Å². The van der Waals surface area contributed by atoms with Gasteiger partial charge in [-0.05, 0) is 13.8 Å². The van der Waals surface area contributed by atoms with Gasteiger partial charge in [0.05, 0.1) is 6.10 Å². The van der Waals surface area contributed by atoms with E-state index in [1.165, 1.54) is 4.74 Å². The number of esters is 1. The van der Waals surface area contributed by atoms with Gasteiger partial charge in [-0.3, -0.25) is 0 Å². The minimum absolute atomic E-state index is 0.827. The van der Waals surface area contributed by atoms with E-state index < -0.39 is 54.5 Å². The Morgan fingerprint density at radius 2 is 0.967 bits per heavy atom. The lowest BCUT2D eigenvalue weighted by Gasteiger charge is -2.36. The molecule has 180 valence electrons. The van der Waals surface area contributed by atoms with Crippen molar-refractivity contribution in [1.82, 2.24) is 0 Å². The first kappa shape index (κ1) is 28.3. The van der Waals surface area contributed by atoms with E-state index >= 15 is 0 Å². The van der Waals surface area contributed by atoms with Crippen molar-refractivity contribution in [3.05, 3.63) is 0 Å². The third-order valence-corrected chi connectivity index (χ3v) is 2.55. The average Bonchev–Trinajstić information content (AvgIpc) is 2.42. The monoisotopic (exact) mass is 488 g/mol. The van der Waals surface area contributed by atoms with Crippen LogP contribution in [-0.2, 0) is 19.0 Å². The Hall–Kier alpha value is -1.66. The summed E-state index contributed by atoms with van der Waals surface area (Å²) in [5.41, 5.74) is 0. The molecule has 0 aromatic rings. The van der Waals surface area contributed by atoms with Crippen LogP contribution in [0.1, 0.15) is 13.8 Å². The van der Waals surface area contributed by atoms with Crippen LogP contribution in [0, 0.1) is 0 Å². The van der Waals surface area contributed by atoms with Gasteiger partial charge in [0.2, 0.25) is 0 Å². The van der Waals surface area contributed by atoms with Crippen LogP contribution in [0.25, 0.3) is 0 Å². The first-order valence-electron chi connectivity index (χ1n) is 6.70. The normalized spacial score (nSPS) is 15.5. The van der Waals surface area contributed by atoms with E-state index in [9.17, 15) is 70.7 Å². The van der Waals surface area contributed by atoms with E-state index in [2.05, 4.69) is 4.74 Å². The van der Waals surface area contributed by atoms with Crippen molar-refractivity contribution in [2.75, 3.05) is 0 Å². The molecule has 0 unspecified atom stereocenters. The molecule has 0 aliphatic carbocycles. The predicted molar refractivity (Wildman–Crippen MR) is 59.1 cm³/mol. The lowest BCUT2D eigenvalue weighted by Crippen LogP contribution is -2.64. The maximum absolute atomic E-state index is 13.1. The van der Waals surface area contributed by atoms with Crippen molar-refractivity contribution < 1.29 is 84.9 Å². The molecule has 0 aromatic heterocycles. The summed E-state index contributed by atoms with van der Waals surface area (Å²) in [4.78, 5) is 10.8. The number of carbonyl (C=O) groups is 1. The molecular formula is C11H7F15O4. The molecule has 0 aliphatic rings. The smallest absolute Gasteiger partial charge is 0.457 e. The van der Waals surface area contributed by atoms with E-state index in [0.717, 1.165) is 13.8 Å². The van der Waals surface area contributed by atoms with Gasteiger partial charge in [-0.1, -0.05) is 0 Å². The van der Waals surface area contributed by atoms with Gasteiger partial charge in [0.15, 0.2) is 0 Å². The van der Waals surface area contributed by atoms with Gasteiger partial charge in [0, 0.05) is 0 Å². The molecule has 0 saturated heterocycles. The zero-order valence-electron chi connectivity index (χ0n) is 13.9. The van der Waals surface area contributed by atoms with Crippen molar-refractivity contribution >= 4 is 5.97 Å². The third-order valence-electron chi connectivity index (χ3n) is 2.55. The Bertz CT molecular complexity index is 625. The Morgan fingerprint density at radius 3 is 1.30 bits per heavy atom. The van der Waals surface area contributed by atoms with Gasteiger partial charge in [0.25, 0.3) is 0 Å². The zero-order valence-corrected chi connectivity index (χ0v) is 13.9. The highest BCUT2D eigenvalue weighted by Gasteiger charge is 2.85. The molecule has 30 heavy (non-hydrogen) atoms. The second-order valence-electron chi connectivity index (χ2n) is 5.37. The first-order chi connectivity index (χ1) is 12.8. The SMILES string of the molecule is CC(C)OC(=O)C(F)(F)OC(F)(F)C(F)(F)OC(F)(F)C(F)(F)C(F)(F)C(F)(F)F. The lowest BCUT2D eigenvalue weighted by molar-refractivity contribution is -0.539. The number of ether oxygens (including phenoxy) is 3. The molecule has 0 bridgehead atoms. The summed E-state index contributed by atoms with van der Waals surface area (Å²) >= 11 is 0. The standard InChI is InChI=1S/C11H7F15O4/c1-3(2)28-4(27)5(12,13)29-10(23,24)11(25,26)30-9(21,22)7(16,17)6(14,15)8(18,19)20/h3H,1-2H3. The molecule has 0 heterocycles. The summed E-state index contributed by atoms with van der Waals surface area (Å²) in [5, 5.41) is 0.